The fraction of sp³-hybridized carbons (Fsp3) is 0.622. The van der Waals surface area contributed by atoms with Gasteiger partial charge in [0.1, 0.15) is 12.1 Å². The number of nitrogens with zero attached hydrogens (tertiary/aromatic N) is 2. The summed E-state index contributed by atoms with van der Waals surface area (Å²) in [5.41, 5.74) is 6.75. The molecule has 0 heterocycles. The van der Waals surface area contributed by atoms with E-state index in [1.54, 1.807) is 0 Å². The van der Waals surface area contributed by atoms with Crippen LogP contribution in [0.15, 0.2) is 36.4 Å². The van der Waals surface area contributed by atoms with E-state index < -0.39 is 0 Å². The fourth-order valence-corrected chi connectivity index (χ4v) is 8.52. The summed E-state index contributed by atoms with van der Waals surface area (Å²) < 4.78 is 0. The summed E-state index contributed by atoms with van der Waals surface area (Å²) in [6, 6.07) is 18.3. The monoisotopic (exact) mass is 520 g/mol. The van der Waals surface area contributed by atoms with Gasteiger partial charge < -0.3 is 0 Å². The van der Waals surface area contributed by atoms with Gasteiger partial charge in [-0.15, -0.1) is 0 Å². The largest absolute Gasteiger partial charge is 0.192 e. The Kier molecular flexibility index (Phi) is 8.82. The van der Waals surface area contributed by atoms with Crippen LogP contribution >= 0.6 is 0 Å². The van der Waals surface area contributed by atoms with Crippen LogP contribution in [0.3, 0.4) is 0 Å². The first kappa shape index (κ1) is 28.0. The van der Waals surface area contributed by atoms with Crippen molar-refractivity contribution in [2.24, 2.45) is 11.3 Å². The van der Waals surface area contributed by atoms with E-state index in [1.807, 2.05) is 0 Å². The molecular weight excluding hydrogens is 472 g/mol. The molecule has 0 spiro atoms. The SMILES string of the molecule is CCCCCC12CCC(c3ccc(-c4ccc(C5CCC(CCCC)CC5)c(C#N)c4C#N)cc3)(CC1)CC2. The average Bonchev–Trinajstić information content (AvgIpc) is 3.00. The first-order valence-electron chi connectivity index (χ1n) is 16.1. The second kappa shape index (κ2) is 12.3. The summed E-state index contributed by atoms with van der Waals surface area (Å²) in [5.74, 6) is 1.25. The highest BCUT2D eigenvalue weighted by Gasteiger charge is 2.48. The van der Waals surface area contributed by atoms with E-state index in [0.717, 1.165) is 35.4 Å². The maximum atomic E-state index is 10.2. The van der Waals surface area contributed by atoms with E-state index in [2.05, 4.69) is 62.4 Å². The van der Waals surface area contributed by atoms with Crippen molar-refractivity contribution in [2.75, 3.05) is 0 Å². The third kappa shape index (κ3) is 5.68. The van der Waals surface area contributed by atoms with Crippen LogP contribution in [0.25, 0.3) is 11.1 Å². The van der Waals surface area contributed by atoms with Crippen molar-refractivity contribution < 1.29 is 0 Å². The molecule has 206 valence electrons. The molecule has 0 aliphatic heterocycles. The Morgan fingerprint density at radius 3 is 1.95 bits per heavy atom. The van der Waals surface area contributed by atoms with Crippen molar-refractivity contribution in [3.8, 4) is 23.3 Å². The summed E-state index contributed by atoms with van der Waals surface area (Å²) in [5, 5.41) is 20.4. The predicted octanol–water partition coefficient (Wildman–Crippen LogP) is 10.7. The van der Waals surface area contributed by atoms with E-state index in [0.29, 0.717) is 27.9 Å². The molecule has 0 unspecified atom stereocenters. The zero-order valence-corrected chi connectivity index (χ0v) is 24.5. The molecular formula is C37H48N2. The molecule has 2 aromatic rings. The van der Waals surface area contributed by atoms with Crippen LogP contribution in [0.1, 0.15) is 151 Å². The molecule has 0 atom stereocenters. The Morgan fingerprint density at radius 2 is 1.36 bits per heavy atom. The highest BCUT2D eigenvalue weighted by atomic mass is 14.5. The van der Waals surface area contributed by atoms with Crippen molar-refractivity contribution in [2.45, 2.75) is 134 Å². The Bertz CT molecular complexity index is 1180. The molecule has 2 aromatic carbocycles. The van der Waals surface area contributed by atoms with Crippen molar-refractivity contribution >= 4 is 0 Å². The summed E-state index contributed by atoms with van der Waals surface area (Å²) in [6.07, 6.45) is 22.4. The molecule has 0 saturated heterocycles. The van der Waals surface area contributed by atoms with Crippen molar-refractivity contribution in [3.05, 3.63) is 58.7 Å². The minimum atomic E-state index is 0.348. The predicted molar refractivity (Wildman–Crippen MR) is 161 cm³/mol. The van der Waals surface area contributed by atoms with E-state index in [4.69, 9.17) is 0 Å². The molecule has 2 nitrogen and oxygen atoms in total. The molecule has 4 saturated carbocycles. The van der Waals surface area contributed by atoms with Gasteiger partial charge in [-0.3, -0.25) is 0 Å². The first-order valence-corrected chi connectivity index (χ1v) is 16.1. The molecule has 4 aliphatic rings. The number of hydrogen-bond donors (Lipinski definition) is 0. The third-order valence-corrected chi connectivity index (χ3v) is 11.2. The number of unbranched alkanes of at least 4 members (excludes halogenated alkanes) is 3. The van der Waals surface area contributed by atoms with Gasteiger partial charge in [-0.2, -0.15) is 10.5 Å². The molecule has 2 heteroatoms. The first-order chi connectivity index (χ1) is 19.1. The third-order valence-electron chi connectivity index (χ3n) is 11.2. The molecule has 4 fully saturated rings. The lowest BCUT2D eigenvalue weighted by Gasteiger charge is -2.54. The molecule has 0 radical (unpaired) electrons. The van der Waals surface area contributed by atoms with E-state index in [-0.39, 0.29) is 0 Å². The van der Waals surface area contributed by atoms with Gasteiger partial charge in [-0.1, -0.05) is 88.8 Å². The molecule has 4 aliphatic carbocycles. The van der Waals surface area contributed by atoms with Crippen molar-refractivity contribution in [3.63, 3.8) is 0 Å². The molecule has 39 heavy (non-hydrogen) atoms. The number of rotatable bonds is 10. The minimum absolute atomic E-state index is 0.348. The van der Waals surface area contributed by atoms with Crippen LogP contribution < -0.4 is 0 Å². The van der Waals surface area contributed by atoms with Gasteiger partial charge in [0.15, 0.2) is 0 Å². The number of fused-ring (bicyclic) bond motifs is 3. The van der Waals surface area contributed by atoms with Crippen molar-refractivity contribution in [1.29, 1.82) is 10.5 Å². The van der Waals surface area contributed by atoms with Crippen LogP contribution in [0, 0.1) is 34.0 Å². The van der Waals surface area contributed by atoms with Gasteiger partial charge in [0.05, 0.1) is 11.1 Å². The number of hydrogen-bond acceptors (Lipinski definition) is 2. The summed E-state index contributed by atoms with van der Waals surface area (Å²) in [7, 11) is 0. The van der Waals surface area contributed by atoms with Gasteiger partial charge in [0, 0.05) is 5.56 Å². The smallest absolute Gasteiger partial charge is 0.101 e. The number of nitriles is 2. The summed E-state index contributed by atoms with van der Waals surface area (Å²) in [4.78, 5) is 0. The van der Waals surface area contributed by atoms with Gasteiger partial charge in [-0.05, 0) is 110 Å². The lowest BCUT2D eigenvalue weighted by molar-refractivity contribution is 0.0305. The molecule has 0 N–H and O–H groups in total. The molecule has 0 amide bonds. The van der Waals surface area contributed by atoms with E-state index >= 15 is 0 Å². The van der Waals surface area contributed by atoms with Gasteiger partial charge in [0.2, 0.25) is 0 Å². The Morgan fingerprint density at radius 1 is 0.718 bits per heavy atom. The van der Waals surface area contributed by atoms with Crippen LogP contribution in [0.5, 0.6) is 0 Å². The molecule has 0 aromatic heterocycles. The zero-order valence-electron chi connectivity index (χ0n) is 24.5. The molecule has 2 bridgehead atoms. The maximum Gasteiger partial charge on any atom is 0.101 e. The van der Waals surface area contributed by atoms with Crippen molar-refractivity contribution in [1.82, 2.24) is 0 Å². The minimum Gasteiger partial charge on any atom is -0.192 e. The Hall–Kier alpha value is -2.58. The maximum absolute atomic E-state index is 10.2. The lowest BCUT2D eigenvalue weighted by atomic mass is 9.51. The highest BCUT2D eigenvalue weighted by molar-refractivity contribution is 5.75. The Balaban J connectivity index is 1.32. The second-order valence-corrected chi connectivity index (χ2v) is 13.4. The van der Waals surface area contributed by atoms with Crippen LogP contribution in [-0.2, 0) is 5.41 Å². The van der Waals surface area contributed by atoms with E-state index in [1.165, 1.54) is 102 Å². The van der Waals surface area contributed by atoms with E-state index in [9.17, 15) is 10.5 Å². The topological polar surface area (TPSA) is 47.6 Å². The number of benzene rings is 2. The second-order valence-electron chi connectivity index (χ2n) is 13.4. The standard InChI is InChI=1S/C37H48N2/c1-3-5-7-19-36-20-23-37(24-21-36,25-22-36)31-15-13-30(14-16-31)33-18-17-32(34(26-38)35(33)27-39)29-11-9-28(10-12-29)8-6-4-2/h13-18,28-29H,3-12,19-25H2,1-2H3. The van der Waals surface area contributed by atoms with Crippen LogP contribution in [0.4, 0.5) is 0 Å². The fourth-order valence-electron chi connectivity index (χ4n) is 8.52. The summed E-state index contributed by atoms with van der Waals surface area (Å²) in [6.45, 7) is 4.58. The normalized spacial score (nSPS) is 28.1. The van der Waals surface area contributed by atoms with Crippen LogP contribution in [0.2, 0.25) is 0 Å². The van der Waals surface area contributed by atoms with Gasteiger partial charge in [0.25, 0.3) is 0 Å². The molecule has 6 rings (SSSR count). The zero-order chi connectivity index (χ0) is 27.3. The lowest BCUT2D eigenvalue weighted by Crippen LogP contribution is -2.44. The highest BCUT2D eigenvalue weighted by Crippen LogP contribution is 2.59. The Labute approximate surface area is 237 Å². The summed E-state index contributed by atoms with van der Waals surface area (Å²) >= 11 is 0. The van der Waals surface area contributed by atoms with Gasteiger partial charge in [-0.25, -0.2) is 0 Å². The van der Waals surface area contributed by atoms with Crippen LogP contribution in [-0.4, -0.2) is 0 Å². The average molecular weight is 521 g/mol. The quantitative estimate of drug-likeness (QED) is 0.292. The van der Waals surface area contributed by atoms with Gasteiger partial charge >= 0.3 is 0 Å².